The van der Waals surface area contributed by atoms with E-state index in [2.05, 4.69) is 0 Å². The monoisotopic (exact) mass is 268 g/mol. The Balaban J connectivity index is 1.67. The van der Waals surface area contributed by atoms with Crippen LogP contribution in [-0.2, 0) is 9.59 Å². The standard InChI is InChI=1S/C14H24N2O3/c17-12-5-3-10-16(11-12)14(19)7-4-9-15-8-2-1-6-13(15)18/h12,17H,1-11H2. The Morgan fingerprint density at radius 2 is 2.11 bits per heavy atom. The molecule has 1 atom stereocenters. The molecule has 0 aromatic carbocycles. The van der Waals surface area contributed by atoms with Gasteiger partial charge < -0.3 is 14.9 Å². The van der Waals surface area contributed by atoms with Crippen LogP contribution in [0.25, 0.3) is 0 Å². The highest BCUT2D eigenvalue weighted by molar-refractivity contribution is 5.77. The van der Waals surface area contributed by atoms with E-state index in [9.17, 15) is 14.7 Å². The summed E-state index contributed by atoms with van der Waals surface area (Å²) in [5, 5.41) is 9.55. The third-order valence-electron chi connectivity index (χ3n) is 3.99. The molecule has 0 bridgehead atoms. The van der Waals surface area contributed by atoms with E-state index in [-0.39, 0.29) is 17.9 Å². The van der Waals surface area contributed by atoms with Crippen LogP contribution < -0.4 is 0 Å². The second-order valence-corrected chi connectivity index (χ2v) is 5.58. The van der Waals surface area contributed by atoms with Crippen LogP contribution in [0.1, 0.15) is 44.9 Å². The zero-order valence-electron chi connectivity index (χ0n) is 11.5. The van der Waals surface area contributed by atoms with Crippen molar-refractivity contribution in [2.24, 2.45) is 0 Å². The third kappa shape index (κ3) is 4.20. The fourth-order valence-electron chi connectivity index (χ4n) is 2.86. The molecule has 1 unspecified atom stereocenters. The van der Waals surface area contributed by atoms with Crippen LogP contribution in [-0.4, -0.2) is 59.0 Å². The molecule has 5 heteroatoms. The molecule has 2 rings (SSSR count). The average Bonchev–Trinajstić information content (AvgIpc) is 2.41. The number of aliphatic hydroxyl groups excluding tert-OH is 1. The van der Waals surface area contributed by atoms with E-state index in [1.165, 1.54) is 0 Å². The SMILES string of the molecule is O=C1CCCCN1CCCC(=O)N1CCCC(O)C1. The molecule has 5 nitrogen and oxygen atoms in total. The number of aliphatic hydroxyl groups is 1. The minimum Gasteiger partial charge on any atom is -0.391 e. The minimum absolute atomic E-state index is 0.114. The van der Waals surface area contributed by atoms with Crippen LogP contribution in [0.2, 0.25) is 0 Å². The molecule has 2 saturated heterocycles. The van der Waals surface area contributed by atoms with Gasteiger partial charge in [-0.25, -0.2) is 0 Å². The Morgan fingerprint density at radius 3 is 2.84 bits per heavy atom. The fraction of sp³-hybridized carbons (Fsp3) is 0.857. The van der Waals surface area contributed by atoms with Gasteiger partial charge in [-0.05, 0) is 32.1 Å². The van der Waals surface area contributed by atoms with Gasteiger partial charge in [0.05, 0.1) is 6.10 Å². The lowest BCUT2D eigenvalue weighted by Crippen LogP contribution is -2.42. The lowest BCUT2D eigenvalue weighted by molar-refractivity contribution is -0.136. The van der Waals surface area contributed by atoms with E-state index in [1.807, 2.05) is 4.90 Å². The second kappa shape index (κ2) is 6.89. The maximum atomic E-state index is 12.0. The maximum absolute atomic E-state index is 12.0. The first-order chi connectivity index (χ1) is 9.16. The Bertz CT molecular complexity index is 333. The number of rotatable bonds is 4. The van der Waals surface area contributed by atoms with Crippen LogP contribution >= 0.6 is 0 Å². The quantitative estimate of drug-likeness (QED) is 0.819. The van der Waals surface area contributed by atoms with Gasteiger partial charge in [0.2, 0.25) is 11.8 Å². The molecule has 0 radical (unpaired) electrons. The Morgan fingerprint density at radius 1 is 1.26 bits per heavy atom. The van der Waals surface area contributed by atoms with Crippen LogP contribution in [0, 0.1) is 0 Å². The summed E-state index contributed by atoms with van der Waals surface area (Å²) in [5.74, 6) is 0.343. The number of β-amino-alcohol motifs (C(OH)–C–C–N with tert-alkyl or cyclic N) is 1. The van der Waals surface area contributed by atoms with E-state index in [0.717, 1.165) is 45.2 Å². The van der Waals surface area contributed by atoms with Crippen molar-refractivity contribution < 1.29 is 14.7 Å². The molecule has 2 fully saturated rings. The minimum atomic E-state index is -0.360. The number of hydrogen-bond acceptors (Lipinski definition) is 3. The molecule has 2 aliphatic heterocycles. The summed E-state index contributed by atoms with van der Waals surface area (Å²) in [5.41, 5.74) is 0. The van der Waals surface area contributed by atoms with Crippen LogP contribution in [0.5, 0.6) is 0 Å². The Hall–Kier alpha value is -1.10. The Labute approximate surface area is 114 Å². The van der Waals surface area contributed by atoms with Crippen LogP contribution in [0.4, 0.5) is 0 Å². The normalized spacial score (nSPS) is 24.7. The predicted molar refractivity (Wildman–Crippen MR) is 71.5 cm³/mol. The summed E-state index contributed by atoms with van der Waals surface area (Å²) in [6, 6.07) is 0. The molecule has 0 spiro atoms. The van der Waals surface area contributed by atoms with Gasteiger partial charge in [-0.1, -0.05) is 0 Å². The highest BCUT2D eigenvalue weighted by Gasteiger charge is 2.22. The summed E-state index contributed by atoms with van der Waals surface area (Å²) >= 11 is 0. The summed E-state index contributed by atoms with van der Waals surface area (Å²) in [6.45, 7) is 2.77. The van der Waals surface area contributed by atoms with Crippen molar-refractivity contribution in [3.63, 3.8) is 0 Å². The average molecular weight is 268 g/mol. The first kappa shape index (κ1) is 14.3. The van der Waals surface area contributed by atoms with Gasteiger partial charge in [0.1, 0.15) is 0 Å². The number of hydrogen-bond donors (Lipinski definition) is 1. The zero-order valence-corrected chi connectivity index (χ0v) is 11.5. The molecule has 2 amide bonds. The first-order valence-corrected chi connectivity index (χ1v) is 7.40. The molecular formula is C14H24N2O3. The number of carbonyl (C=O) groups excluding carboxylic acids is 2. The summed E-state index contributed by atoms with van der Waals surface area (Å²) in [4.78, 5) is 27.2. The molecule has 2 aliphatic rings. The molecule has 0 aromatic rings. The van der Waals surface area contributed by atoms with Gasteiger partial charge in [-0.15, -0.1) is 0 Å². The highest BCUT2D eigenvalue weighted by Crippen LogP contribution is 2.14. The lowest BCUT2D eigenvalue weighted by atomic mass is 10.1. The van der Waals surface area contributed by atoms with Crippen LogP contribution in [0.15, 0.2) is 0 Å². The van der Waals surface area contributed by atoms with Gasteiger partial charge in [0, 0.05) is 39.0 Å². The van der Waals surface area contributed by atoms with Crippen molar-refractivity contribution in [1.82, 2.24) is 9.80 Å². The molecule has 0 aromatic heterocycles. The molecule has 19 heavy (non-hydrogen) atoms. The van der Waals surface area contributed by atoms with Crippen molar-refractivity contribution in [1.29, 1.82) is 0 Å². The summed E-state index contributed by atoms with van der Waals surface area (Å²) in [6.07, 6.45) is 5.28. The van der Waals surface area contributed by atoms with Crippen molar-refractivity contribution in [2.45, 2.75) is 51.0 Å². The molecule has 108 valence electrons. The van der Waals surface area contributed by atoms with Crippen molar-refractivity contribution in [2.75, 3.05) is 26.2 Å². The van der Waals surface area contributed by atoms with E-state index in [0.29, 0.717) is 25.9 Å². The van der Waals surface area contributed by atoms with E-state index in [4.69, 9.17) is 0 Å². The van der Waals surface area contributed by atoms with Crippen molar-refractivity contribution in [3.05, 3.63) is 0 Å². The topological polar surface area (TPSA) is 60.9 Å². The van der Waals surface area contributed by atoms with Gasteiger partial charge in [0.15, 0.2) is 0 Å². The molecule has 1 N–H and O–H groups in total. The molecule has 2 heterocycles. The summed E-state index contributed by atoms with van der Waals surface area (Å²) < 4.78 is 0. The van der Waals surface area contributed by atoms with Crippen molar-refractivity contribution in [3.8, 4) is 0 Å². The van der Waals surface area contributed by atoms with E-state index in [1.54, 1.807) is 4.90 Å². The number of amides is 2. The first-order valence-electron chi connectivity index (χ1n) is 7.40. The van der Waals surface area contributed by atoms with Gasteiger partial charge in [0.25, 0.3) is 0 Å². The van der Waals surface area contributed by atoms with E-state index >= 15 is 0 Å². The summed E-state index contributed by atoms with van der Waals surface area (Å²) in [7, 11) is 0. The predicted octanol–water partition coefficient (Wildman–Crippen LogP) is 0.762. The number of likely N-dealkylation sites (tertiary alicyclic amines) is 2. The molecule has 0 aliphatic carbocycles. The number of carbonyl (C=O) groups is 2. The lowest BCUT2D eigenvalue weighted by Gasteiger charge is -2.31. The zero-order chi connectivity index (χ0) is 13.7. The fourth-order valence-corrected chi connectivity index (χ4v) is 2.86. The Kier molecular flexibility index (Phi) is 5.19. The number of piperidine rings is 2. The molecular weight excluding hydrogens is 244 g/mol. The second-order valence-electron chi connectivity index (χ2n) is 5.58. The van der Waals surface area contributed by atoms with Gasteiger partial charge in [-0.2, -0.15) is 0 Å². The van der Waals surface area contributed by atoms with Crippen molar-refractivity contribution >= 4 is 11.8 Å². The van der Waals surface area contributed by atoms with Gasteiger partial charge in [-0.3, -0.25) is 9.59 Å². The van der Waals surface area contributed by atoms with E-state index < -0.39 is 0 Å². The largest absolute Gasteiger partial charge is 0.391 e. The number of nitrogens with zero attached hydrogens (tertiary/aromatic N) is 2. The molecule has 0 saturated carbocycles. The third-order valence-corrected chi connectivity index (χ3v) is 3.99. The van der Waals surface area contributed by atoms with Gasteiger partial charge >= 0.3 is 0 Å². The highest BCUT2D eigenvalue weighted by atomic mass is 16.3. The van der Waals surface area contributed by atoms with Crippen LogP contribution in [0.3, 0.4) is 0 Å². The smallest absolute Gasteiger partial charge is 0.222 e. The maximum Gasteiger partial charge on any atom is 0.222 e.